The van der Waals surface area contributed by atoms with E-state index in [-0.39, 0.29) is 0 Å². The molecule has 0 aliphatic carbocycles. The molecule has 116 valence electrons. The first-order chi connectivity index (χ1) is 11.1. The number of nitrogens with one attached hydrogen (secondary N) is 1. The van der Waals surface area contributed by atoms with E-state index in [2.05, 4.69) is 5.32 Å². The number of amides is 2. The third-order valence-corrected chi connectivity index (χ3v) is 4.04. The molecule has 23 heavy (non-hydrogen) atoms. The molecule has 0 aromatic heterocycles. The number of para-hydroxylation sites is 2. The predicted molar refractivity (Wildman–Crippen MR) is 83.9 cm³/mol. The zero-order chi connectivity index (χ0) is 16.1. The SMILES string of the molecule is O=C1Nc2ccccc2N2C1C(=O)N(c1ccc(Cl)cc1)N2O. The van der Waals surface area contributed by atoms with Gasteiger partial charge in [-0.05, 0) is 36.4 Å². The van der Waals surface area contributed by atoms with Crippen LogP contribution in [0.25, 0.3) is 0 Å². The molecule has 4 rings (SSSR count). The van der Waals surface area contributed by atoms with E-state index in [1.165, 1.54) is 5.01 Å². The molecule has 1 saturated heterocycles. The minimum absolute atomic E-state index is 0.404. The van der Waals surface area contributed by atoms with E-state index in [0.717, 1.165) is 5.01 Å². The molecule has 0 saturated carbocycles. The van der Waals surface area contributed by atoms with Crippen LogP contribution in [0.1, 0.15) is 0 Å². The molecule has 2 heterocycles. The maximum Gasteiger partial charge on any atom is 0.279 e. The number of hydrazine groups is 2. The van der Waals surface area contributed by atoms with Gasteiger partial charge in [0.2, 0.25) is 6.04 Å². The topological polar surface area (TPSA) is 76.1 Å². The molecule has 2 aromatic rings. The zero-order valence-electron chi connectivity index (χ0n) is 11.7. The number of hydrogen-bond donors (Lipinski definition) is 2. The van der Waals surface area contributed by atoms with Crippen molar-refractivity contribution in [1.29, 1.82) is 0 Å². The molecule has 2 aliphatic heterocycles. The second kappa shape index (κ2) is 4.95. The molecule has 2 amide bonds. The molecule has 2 N–H and O–H groups in total. The number of halogens is 1. The summed E-state index contributed by atoms with van der Waals surface area (Å²) >= 11 is 5.85. The molecule has 0 spiro atoms. The summed E-state index contributed by atoms with van der Waals surface area (Å²) in [5, 5.41) is 16.6. The van der Waals surface area contributed by atoms with Crippen molar-refractivity contribution in [3.63, 3.8) is 0 Å². The highest BCUT2D eigenvalue weighted by atomic mass is 35.5. The quantitative estimate of drug-likeness (QED) is 0.783. The zero-order valence-corrected chi connectivity index (χ0v) is 12.4. The van der Waals surface area contributed by atoms with Gasteiger partial charge in [0, 0.05) is 10.3 Å². The first-order valence-corrected chi connectivity index (χ1v) is 7.23. The van der Waals surface area contributed by atoms with Crippen molar-refractivity contribution in [2.24, 2.45) is 0 Å². The van der Waals surface area contributed by atoms with Gasteiger partial charge in [0.1, 0.15) is 0 Å². The van der Waals surface area contributed by atoms with E-state index in [1.54, 1.807) is 48.5 Å². The van der Waals surface area contributed by atoms with Crippen LogP contribution in [0.4, 0.5) is 17.1 Å². The van der Waals surface area contributed by atoms with Crippen molar-refractivity contribution in [3.05, 3.63) is 53.6 Å². The monoisotopic (exact) mass is 330 g/mol. The van der Waals surface area contributed by atoms with Crippen LogP contribution >= 0.6 is 11.6 Å². The molecule has 1 unspecified atom stereocenters. The molecule has 0 radical (unpaired) electrons. The number of anilines is 3. The van der Waals surface area contributed by atoms with Gasteiger partial charge in [0.25, 0.3) is 11.8 Å². The molecule has 2 aliphatic rings. The average molecular weight is 331 g/mol. The van der Waals surface area contributed by atoms with Crippen molar-refractivity contribution < 1.29 is 14.8 Å². The van der Waals surface area contributed by atoms with Crippen molar-refractivity contribution >= 4 is 40.5 Å². The average Bonchev–Trinajstić information content (AvgIpc) is 2.81. The van der Waals surface area contributed by atoms with Crippen LogP contribution in [-0.2, 0) is 9.59 Å². The summed E-state index contributed by atoms with van der Waals surface area (Å²) in [6, 6.07) is 12.2. The third kappa shape index (κ3) is 1.98. The lowest BCUT2D eigenvalue weighted by atomic mass is 10.1. The highest BCUT2D eigenvalue weighted by Gasteiger charge is 2.52. The standard InChI is InChI=1S/C15H11ClN4O3/c16-9-5-7-10(8-6-9)18-15(22)13-14(21)17-11-3-1-2-4-12(11)19(13)20(18)23/h1-8,13,23H,(H,17,21). The van der Waals surface area contributed by atoms with Crippen LogP contribution in [0, 0.1) is 0 Å². The first kappa shape index (κ1) is 14.0. The van der Waals surface area contributed by atoms with Crippen molar-refractivity contribution in [3.8, 4) is 0 Å². The number of carbonyl (C=O) groups is 2. The highest BCUT2D eigenvalue weighted by molar-refractivity contribution is 6.30. The van der Waals surface area contributed by atoms with Gasteiger partial charge in [0.05, 0.1) is 17.1 Å². The minimum atomic E-state index is -1.16. The lowest BCUT2D eigenvalue weighted by Crippen LogP contribution is -2.50. The van der Waals surface area contributed by atoms with Gasteiger partial charge >= 0.3 is 0 Å². The summed E-state index contributed by atoms with van der Waals surface area (Å²) in [5.41, 5.74) is 1.46. The van der Waals surface area contributed by atoms with E-state index in [9.17, 15) is 14.8 Å². The fraction of sp³-hybridized carbons (Fsp3) is 0.0667. The number of nitrogens with zero attached hydrogens (tertiary/aromatic N) is 3. The fourth-order valence-corrected chi connectivity index (χ4v) is 2.89. The highest BCUT2D eigenvalue weighted by Crippen LogP contribution is 2.38. The molecular weight excluding hydrogens is 320 g/mol. The van der Waals surface area contributed by atoms with E-state index in [1.807, 2.05) is 0 Å². The molecular formula is C15H11ClN4O3. The van der Waals surface area contributed by atoms with Crippen molar-refractivity contribution in [2.75, 3.05) is 15.3 Å². The van der Waals surface area contributed by atoms with Gasteiger partial charge in [-0.25, -0.2) is 5.01 Å². The van der Waals surface area contributed by atoms with E-state index in [0.29, 0.717) is 27.4 Å². The van der Waals surface area contributed by atoms with Gasteiger partial charge in [-0.1, -0.05) is 23.7 Å². The molecule has 2 aromatic carbocycles. The minimum Gasteiger partial charge on any atom is -0.322 e. The number of fused-ring (bicyclic) bond motifs is 3. The Kier molecular flexibility index (Phi) is 3.02. The Labute approximate surface area is 136 Å². The second-order valence-corrected chi connectivity index (χ2v) is 5.58. The Bertz CT molecular complexity index is 811. The lowest BCUT2D eigenvalue weighted by Gasteiger charge is -2.33. The Hall–Kier alpha value is -2.61. The normalized spacial score (nSPS) is 20.3. The maximum atomic E-state index is 12.6. The summed E-state index contributed by atoms with van der Waals surface area (Å²) in [5.74, 6) is -1.05. The van der Waals surface area contributed by atoms with E-state index < -0.39 is 17.9 Å². The smallest absolute Gasteiger partial charge is 0.279 e. The third-order valence-electron chi connectivity index (χ3n) is 3.79. The van der Waals surface area contributed by atoms with Crippen molar-refractivity contribution in [2.45, 2.75) is 6.04 Å². The fourth-order valence-electron chi connectivity index (χ4n) is 2.76. The summed E-state index contributed by atoms with van der Waals surface area (Å²) in [6.45, 7) is 0. The van der Waals surface area contributed by atoms with E-state index >= 15 is 0 Å². The van der Waals surface area contributed by atoms with Gasteiger partial charge in [-0.3, -0.25) is 14.8 Å². The molecule has 1 atom stereocenters. The van der Waals surface area contributed by atoms with Gasteiger partial charge in [-0.2, -0.15) is 5.01 Å². The van der Waals surface area contributed by atoms with Crippen LogP contribution in [0.2, 0.25) is 5.02 Å². The summed E-state index contributed by atoms with van der Waals surface area (Å²) in [7, 11) is 0. The van der Waals surface area contributed by atoms with Crippen LogP contribution in [0.3, 0.4) is 0 Å². The second-order valence-electron chi connectivity index (χ2n) is 5.15. The van der Waals surface area contributed by atoms with Crippen molar-refractivity contribution in [1.82, 2.24) is 5.28 Å². The Balaban J connectivity index is 1.81. The number of carbonyl (C=O) groups excluding carboxylic acids is 2. The summed E-state index contributed by atoms with van der Waals surface area (Å²) in [6.07, 6.45) is 0. The number of benzene rings is 2. The Morgan fingerprint density at radius 3 is 2.48 bits per heavy atom. The van der Waals surface area contributed by atoms with Crippen LogP contribution in [0.5, 0.6) is 0 Å². The lowest BCUT2D eigenvalue weighted by molar-refractivity contribution is -0.127. The van der Waals surface area contributed by atoms with E-state index in [4.69, 9.17) is 11.6 Å². The summed E-state index contributed by atoms with van der Waals surface area (Å²) < 4.78 is 0. The van der Waals surface area contributed by atoms with Crippen LogP contribution < -0.4 is 15.3 Å². The van der Waals surface area contributed by atoms with Gasteiger partial charge < -0.3 is 5.32 Å². The predicted octanol–water partition coefficient (Wildman–Crippen LogP) is 2.04. The number of rotatable bonds is 1. The number of hydrogen-bond acceptors (Lipinski definition) is 5. The molecule has 8 heteroatoms. The van der Waals surface area contributed by atoms with Gasteiger partial charge in [0.15, 0.2) is 0 Å². The Morgan fingerprint density at radius 2 is 1.74 bits per heavy atom. The Morgan fingerprint density at radius 1 is 1.04 bits per heavy atom. The molecule has 1 fully saturated rings. The maximum absolute atomic E-state index is 12.6. The summed E-state index contributed by atoms with van der Waals surface area (Å²) in [4.78, 5) is 24.9. The largest absolute Gasteiger partial charge is 0.322 e. The van der Waals surface area contributed by atoms with Crippen LogP contribution in [0.15, 0.2) is 48.5 Å². The molecule has 7 nitrogen and oxygen atoms in total. The molecule has 0 bridgehead atoms. The first-order valence-electron chi connectivity index (χ1n) is 6.85. The van der Waals surface area contributed by atoms with Gasteiger partial charge in [-0.15, -0.1) is 0 Å². The van der Waals surface area contributed by atoms with Crippen LogP contribution in [-0.4, -0.2) is 28.3 Å².